The Labute approximate surface area is 165 Å². The molecule has 1 heterocycles. The van der Waals surface area contributed by atoms with Crippen molar-refractivity contribution in [2.24, 2.45) is 11.7 Å². The van der Waals surface area contributed by atoms with Crippen LogP contribution in [0.2, 0.25) is 0 Å². The fourth-order valence-corrected chi connectivity index (χ4v) is 3.46. The highest BCUT2D eigenvalue weighted by Crippen LogP contribution is 2.31. The molecule has 0 bridgehead atoms. The number of para-hydroxylation sites is 1. The van der Waals surface area contributed by atoms with E-state index in [0.717, 1.165) is 47.0 Å². The van der Waals surface area contributed by atoms with Gasteiger partial charge >= 0.3 is 0 Å². The maximum atomic E-state index is 13.0. The number of hydrogen-bond donors (Lipinski definition) is 3. The molecule has 0 aliphatic rings. The van der Waals surface area contributed by atoms with Crippen LogP contribution in [-0.4, -0.2) is 16.9 Å². The van der Waals surface area contributed by atoms with Gasteiger partial charge in [0, 0.05) is 10.9 Å². The summed E-state index contributed by atoms with van der Waals surface area (Å²) in [4.78, 5) is 17.9. The van der Waals surface area contributed by atoms with E-state index in [9.17, 15) is 4.79 Å². The average molecular weight is 374 g/mol. The topological polar surface area (TPSA) is 91.9 Å². The number of rotatable bonds is 6. The molecule has 0 atom stereocenters. The van der Waals surface area contributed by atoms with Crippen molar-refractivity contribution in [3.63, 3.8) is 0 Å². The van der Waals surface area contributed by atoms with Gasteiger partial charge in [-0.1, -0.05) is 68.8 Å². The highest BCUT2D eigenvalue weighted by Gasteiger charge is 2.21. The minimum absolute atomic E-state index is 0.358. The number of fused-ring (bicyclic) bond motifs is 1. The summed E-state index contributed by atoms with van der Waals surface area (Å²) >= 11 is 0. The third-order valence-corrected chi connectivity index (χ3v) is 4.72. The predicted molar refractivity (Wildman–Crippen MR) is 114 cm³/mol. The van der Waals surface area contributed by atoms with Gasteiger partial charge in [-0.05, 0) is 30.4 Å². The van der Waals surface area contributed by atoms with Gasteiger partial charge < -0.3 is 5.73 Å². The van der Waals surface area contributed by atoms with Crippen molar-refractivity contribution in [1.29, 1.82) is 5.41 Å². The van der Waals surface area contributed by atoms with E-state index in [-0.39, 0.29) is 11.9 Å². The molecule has 1 aromatic heterocycles. The molecule has 4 N–H and O–H groups in total. The lowest BCUT2D eigenvalue weighted by molar-refractivity contribution is 0.0977. The van der Waals surface area contributed by atoms with E-state index in [1.807, 2.05) is 54.6 Å². The number of pyridine rings is 1. The molecule has 28 heavy (non-hydrogen) atoms. The molecule has 1 amide bonds. The van der Waals surface area contributed by atoms with Gasteiger partial charge in [0.1, 0.15) is 0 Å². The molecule has 3 rings (SSSR count). The number of nitrogens with two attached hydrogens (primary N) is 1. The normalized spacial score (nSPS) is 11.0. The van der Waals surface area contributed by atoms with Crippen LogP contribution in [0.4, 0.5) is 0 Å². The van der Waals surface area contributed by atoms with Crippen molar-refractivity contribution in [2.75, 3.05) is 0 Å². The summed E-state index contributed by atoms with van der Waals surface area (Å²) in [6, 6.07) is 17.5. The van der Waals surface area contributed by atoms with Crippen molar-refractivity contribution < 1.29 is 4.79 Å². The molecule has 0 aliphatic carbocycles. The zero-order valence-electron chi connectivity index (χ0n) is 16.3. The van der Waals surface area contributed by atoms with E-state index in [1.165, 1.54) is 0 Å². The van der Waals surface area contributed by atoms with Crippen molar-refractivity contribution in [3.05, 3.63) is 65.7 Å². The van der Waals surface area contributed by atoms with E-state index in [0.29, 0.717) is 11.5 Å². The second-order valence-corrected chi connectivity index (χ2v) is 7.35. The minimum Gasteiger partial charge on any atom is -0.370 e. The van der Waals surface area contributed by atoms with Crippen molar-refractivity contribution in [2.45, 2.75) is 33.1 Å². The largest absolute Gasteiger partial charge is 0.370 e. The molecule has 5 nitrogen and oxygen atoms in total. The van der Waals surface area contributed by atoms with E-state index < -0.39 is 0 Å². The molecule has 0 saturated heterocycles. The number of aromatic nitrogens is 1. The lowest BCUT2D eigenvalue weighted by Gasteiger charge is -2.17. The van der Waals surface area contributed by atoms with Gasteiger partial charge in [-0.15, -0.1) is 0 Å². The highest BCUT2D eigenvalue weighted by atomic mass is 16.1. The Kier molecular flexibility index (Phi) is 6.04. The van der Waals surface area contributed by atoms with Crippen LogP contribution in [-0.2, 0) is 6.42 Å². The van der Waals surface area contributed by atoms with Crippen LogP contribution in [0, 0.1) is 11.3 Å². The number of amides is 1. The van der Waals surface area contributed by atoms with E-state index in [1.54, 1.807) is 0 Å². The number of carbonyl (C=O) groups is 1. The molecule has 0 unspecified atom stereocenters. The molecule has 3 aromatic rings. The first kappa shape index (κ1) is 19.5. The molecule has 144 valence electrons. The lowest BCUT2D eigenvalue weighted by Crippen LogP contribution is -2.36. The fourth-order valence-electron chi connectivity index (χ4n) is 3.46. The SMILES string of the molecule is CC(C)CCCc1c(-c2ccccc2)nc2ccccc2c1C(=O)NC(=N)N. The number of hydrogen-bond acceptors (Lipinski definition) is 3. The predicted octanol–water partition coefficient (Wildman–Crippen LogP) is 4.50. The second kappa shape index (κ2) is 8.65. The Morgan fingerprint density at radius 2 is 1.79 bits per heavy atom. The van der Waals surface area contributed by atoms with Crippen LogP contribution >= 0.6 is 0 Å². The van der Waals surface area contributed by atoms with Crippen molar-refractivity contribution in [3.8, 4) is 11.3 Å². The number of guanidine groups is 1. The van der Waals surface area contributed by atoms with Gasteiger partial charge in [-0.3, -0.25) is 15.5 Å². The Hall–Kier alpha value is -3.21. The summed E-state index contributed by atoms with van der Waals surface area (Å²) < 4.78 is 0. The van der Waals surface area contributed by atoms with Crippen LogP contribution in [0.5, 0.6) is 0 Å². The third kappa shape index (κ3) is 4.36. The molecule has 2 aromatic carbocycles. The molecule has 5 heteroatoms. The number of benzene rings is 2. The molecular weight excluding hydrogens is 348 g/mol. The first-order valence-corrected chi connectivity index (χ1v) is 9.59. The standard InChI is InChI=1S/C23H26N4O/c1-15(2)9-8-13-18-20(22(28)27-23(24)25)17-12-6-7-14-19(17)26-21(18)16-10-4-3-5-11-16/h3-7,10-12,14-15H,8-9,13H2,1-2H3,(H4,24,25,27,28). The summed E-state index contributed by atoms with van der Waals surface area (Å²) in [6.45, 7) is 4.39. The summed E-state index contributed by atoms with van der Waals surface area (Å²) in [5.74, 6) is -0.133. The Morgan fingerprint density at radius 1 is 1.11 bits per heavy atom. The molecule has 0 fully saturated rings. The maximum absolute atomic E-state index is 13.0. The van der Waals surface area contributed by atoms with Gasteiger partial charge in [0.15, 0.2) is 5.96 Å². The summed E-state index contributed by atoms with van der Waals surface area (Å²) in [5, 5.41) is 10.7. The van der Waals surface area contributed by atoms with Gasteiger partial charge in [0.05, 0.1) is 16.8 Å². The van der Waals surface area contributed by atoms with E-state index >= 15 is 0 Å². The van der Waals surface area contributed by atoms with Crippen LogP contribution in [0.3, 0.4) is 0 Å². The van der Waals surface area contributed by atoms with Gasteiger partial charge in [0.25, 0.3) is 5.91 Å². The first-order valence-electron chi connectivity index (χ1n) is 9.59. The molecule has 0 radical (unpaired) electrons. The fraction of sp³-hybridized carbons (Fsp3) is 0.261. The van der Waals surface area contributed by atoms with E-state index in [2.05, 4.69) is 19.2 Å². The van der Waals surface area contributed by atoms with Gasteiger partial charge in [0.2, 0.25) is 0 Å². The van der Waals surface area contributed by atoms with Gasteiger partial charge in [-0.25, -0.2) is 4.98 Å². The van der Waals surface area contributed by atoms with Crippen molar-refractivity contribution >= 4 is 22.8 Å². The summed E-state index contributed by atoms with van der Waals surface area (Å²) in [7, 11) is 0. The number of nitrogens with zero attached hydrogens (tertiary/aromatic N) is 1. The lowest BCUT2D eigenvalue weighted by atomic mass is 9.91. The minimum atomic E-state index is -0.361. The highest BCUT2D eigenvalue weighted by molar-refractivity contribution is 6.13. The first-order chi connectivity index (χ1) is 13.5. The quantitative estimate of drug-likeness (QED) is 0.438. The van der Waals surface area contributed by atoms with Gasteiger partial charge in [-0.2, -0.15) is 0 Å². The molecule has 0 saturated carbocycles. The van der Waals surface area contributed by atoms with Crippen LogP contribution in [0.15, 0.2) is 54.6 Å². The Balaban J connectivity index is 2.24. The van der Waals surface area contributed by atoms with Crippen LogP contribution in [0.1, 0.15) is 42.6 Å². The zero-order chi connectivity index (χ0) is 20.1. The molecule has 0 spiro atoms. The maximum Gasteiger partial charge on any atom is 0.258 e. The average Bonchev–Trinajstić information content (AvgIpc) is 2.67. The zero-order valence-corrected chi connectivity index (χ0v) is 16.3. The summed E-state index contributed by atoms with van der Waals surface area (Å²) in [5.41, 5.74) is 9.46. The Morgan fingerprint density at radius 3 is 2.46 bits per heavy atom. The van der Waals surface area contributed by atoms with Crippen molar-refractivity contribution in [1.82, 2.24) is 10.3 Å². The van der Waals surface area contributed by atoms with E-state index in [4.69, 9.17) is 16.1 Å². The third-order valence-electron chi connectivity index (χ3n) is 4.72. The van der Waals surface area contributed by atoms with Crippen LogP contribution in [0.25, 0.3) is 22.2 Å². The monoisotopic (exact) mass is 374 g/mol. The number of carbonyl (C=O) groups excluding carboxylic acids is 1. The summed E-state index contributed by atoms with van der Waals surface area (Å²) in [6.07, 6.45) is 2.76. The molecule has 0 aliphatic heterocycles. The van der Waals surface area contributed by atoms with Crippen LogP contribution < -0.4 is 11.1 Å². The second-order valence-electron chi connectivity index (χ2n) is 7.35. The Bertz CT molecular complexity index is 996. The smallest absolute Gasteiger partial charge is 0.258 e. The number of nitrogens with one attached hydrogen (secondary N) is 2. The molecular formula is C23H26N4O.